The molecule has 82 valence electrons. The first kappa shape index (κ1) is 12.1. The molecule has 0 saturated heterocycles. The van der Waals surface area contributed by atoms with Gasteiger partial charge in [-0.2, -0.15) is 0 Å². The summed E-state index contributed by atoms with van der Waals surface area (Å²) in [6.45, 7) is 3.47. The summed E-state index contributed by atoms with van der Waals surface area (Å²) in [5.41, 5.74) is 0. The first-order valence-electron chi connectivity index (χ1n) is 5.38. The number of urea groups is 1. The second kappa shape index (κ2) is 6.48. The van der Waals surface area contributed by atoms with Crippen molar-refractivity contribution in [3.8, 4) is 0 Å². The third kappa shape index (κ3) is 4.48. The Labute approximate surface area is 99.5 Å². The molecule has 1 fully saturated rings. The van der Waals surface area contributed by atoms with Gasteiger partial charge < -0.3 is 10.6 Å². The second-order valence-electron chi connectivity index (χ2n) is 3.86. The summed E-state index contributed by atoms with van der Waals surface area (Å²) in [5, 5.41) is 5.66. The van der Waals surface area contributed by atoms with E-state index in [1.54, 1.807) is 0 Å². The zero-order chi connectivity index (χ0) is 10.4. The fraction of sp³-hybridized carbons (Fsp3) is 0.900. The van der Waals surface area contributed by atoms with Crippen LogP contribution in [-0.4, -0.2) is 23.0 Å². The van der Waals surface area contributed by atoms with Crippen LogP contribution in [0.4, 0.5) is 4.79 Å². The second-order valence-corrected chi connectivity index (χ2v) is 5.62. The van der Waals surface area contributed by atoms with Crippen LogP contribution in [0.1, 0.15) is 32.6 Å². The summed E-state index contributed by atoms with van der Waals surface area (Å²) in [7, 11) is 0. The minimum Gasteiger partial charge on any atom is -0.338 e. The Bertz CT molecular complexity index is 179. The number of amides is 2. The van der Waals surface area contributed by atoms with Gasteiger partial charge in [-0.15, -0.1) is 0 Å². The van der Waals surface area contributed by atoms with E-state index in [2.05, 4.69) is 33.2 Å². The normalized spacial score (nSPS) is 27.0. The summed E-state index contributed by atoms with van der Waals surface area (Å²) in [4.78, 5) is 11.1. The fourth-order valence-electron chi connectivity index (χ4n) is 1.79. The topological polar surface area (TPSA) is 41.1 Å². The monoisotopic (exact) mass is 310 g/mol. The molecule has 0 atom stereocenters. The highest BCUT2D eigenvalue weighted by Crippen LogP contribution is 2.28. The molecule has 0 aromatic heterocycles. The number of hydrogen-bond donors (Lipinski definition) is 2. The lowest BCUT2D eigenvalue weighted by atomic mass is 9.89. The lowest BCUT2D eigenvalue weighted by molar-refractivity contribution is 0.237. The average molecular weight is 310 g/mol. The minimum atomic E-state index is -0.0240. The Kier molecular flexibility index (Phi) is 5.59. The van der Waals surface area contributed by atoms with Crippen LogP contribution in [0, 0.1) is 5.92 Å². The molecule has 0 aromatic rings. The van der Waals surface area contributed by atoms with Crippen molar-refractivity contribution < 1.29 is 4.79 Å². The third-order valence-electron chi connectivity index (χ3n) is 2.66. The SMILES string of the molecule is CCNC(=O)NCC1CCC(I)CC1. The van der Waals surface area contributed by atoms with Gasteiger partial charge >= 0.3 is 6.03 Å². The molecule has 2 N–H and O–H groups in total. The fourth-order valence-corrected chi connectivity index (χ4v) is 2.51. The summed E-state index contributed by atoms with van der Waals surface area (Å²) < 4.78 is 0.855. The molecule has 0 radical (unpaired) electrons. The van der Waals surface area contributed by atoms with Crippen LogP contribution >= 0.6 is 22.6 Å². The van der Waals surface area contributed by atoms with Gasteiger partial charge in [-0.25, -0.2) is 4.79 Å². The highest BCUT2D eigenvalue weighted by molar-refractivity contribution is 14.1. The Balaban J connectivity index is 2.09. The van der Waals surface area contributed by atoms with E-state index in [0.717, 1.165) is 10.5 Å². The predicted octanol–water partition coefficient (Wildman–Crippen LogP) is 2.30. The van der Waals surface area contributed by atoms with Gasteiger partial charge in [0.25, 0.3) is 0 Å². The maximum absolute atomic E-state index is 11.1. The van der Waals surface area contributed by atoms with E-state index in [9.17, 15) is 4.79 Å². The highest BCUT2D eigenvalue weighted by atomic mass is 127. The van der Waals surface area contributed by atoms with Gasteiger partial charge in [-0.05, 0) is 38.5 Å². The zero-order valence-corrected chi connectivity index (χ0v) is 10.8. The number of halogens is 1. The summed E-state index contributed by atoms with van der Waals surface area (Å²) in [5.74, 6) is 0.698. The molecule has 2 amide bonds. The van der Waals surface area contributed by atoms with Gasteiger partial charge in [0.2, 0.25) is 0 Å². The van der Waals surface area contributed by atoms with Crippen LogP contribution in [-0.2, 0) is 0 Å². The first-order valence-corrected chi connectivity index (χ1v) is 6.62. The molecule has 1 rings (SSSR count). The Morgan fingerprint density at radius 2 is 1.93 bits per heavy atom. The number of rotatable bonds is 3. The molecule has 1 saturated carbocycles. The van der Waals surface area contributed by atoms with Crippen molar-refractivity contribution in [2.75, 3.05) is 13.1 Å². The smallest absolute Gasteiger partial charge is 0.314 e. The van der Waals surface area contributed by atoms with E-state index in [4.69, 9.17) is 0 Å². The molecule has 3 nitrogen and oxygen atoms in total. The van der Waals surface area contributed by atoms with Crippen LogP contribution in [0.2, 0.25) is 0 Å². The molecule has 0 unspecified atom stereocenters. The van der Waals surface area contributed by atoms with Gasteiger partial charge in [0.05, 0.1) is 0 Å². The van der Waals surface area contributed by atoms with Gasteiger partial charge in [0.1, 0.15) is 0 Å². The van der Waals surface area contributed by atoms with Crippen LogP contribution in [0.25, 0.3) is 0 Å². The molecule has 0 spiro atoms. The lowest BCUT2D eigenvalue weighted by Gasteiger charge is -2.25. The molecule has 4 heteroatoms. The molecule has 1 aliphatic rings. The van der Waals surface area contributed by atoms with Gasteiger partial charge in [-0.1, -0.05) is 22.6 Å². The zero-order valence-electron chi connectivity index (χ0n) is 8.68. The van der Waals surface area contributed by atoms with E-state index in [-0.39, 0.29) is 6.03 Å². The van der Waals surface area contributed by atoms with Crippen LogP contribution in [0.15, 0.2) is 0 Å². The molecule has 0 aliphatic heterocycles. The summed E-state index contributed by atoms with van der Waals surface area (Å²) in [6, 6.07) is -0.0240. The van der Waals surface area contributed by atoms with E-state index in [0.29, 0.717) is 12.5 Å². The number of alkyl halides is 1. The summed E-state index contributed by atoms with van der Waals surface area (Å²) in [6.07, 6.45) is 5.14. The molecular formula is C10H19IN2O. The van der Waals surface area contributed by atoms with Crippen molar-refractivity contribution in [2.45, 2.75) is 36.5 Å². The largest absolute Gasteiger partial charge is 0.338 e. The molecular weight excluding hydrogens is 291 g/mol. The van der Waals surface area contributed by atoms with Gasteiger partial charge in [-0.3, -0.25) is 0 Å². The third-order valence-corrected chi connectivity index (χ3v) is 3.91. The van der Waals surface area contributed by atoms with E-state index >= 15 is 0 Å². The van der Waals surface area contributed by atoms with Crippen molar-refractivity contribution in [3.63, 3.8) is 0 Å². The van der Waals surface area contributed by atoms with Crippen molar-refractivity contribution in [1.29, 1.82) is 0 Å². The maximum Gasteiger partial charge on any atom is 0.314 e. The van der Waals surface area contributed by atoms with Crippen molar-refractivity contribution >= 4 is 28.6 Å². The highest BCUT2D eigenvalue weighted by Gasteiger charge is 2.19. The minimum absolute atomic E-state index is 0.0240. The number of hydrogen-bond acceptors (Lipinski definition) is 1. The van der Waals surface area contributed by atoms with Crippen LogP contribution < -0.4 is 10.6 Å². The van der Waals surface area contributed by atoms with Crippen molar-refractivity contribution in [1.82, 2.24) is 10.6 Å². The maximum atomic E-state index is 11.1. The van der Waals surface area contributed by atoms with E-state index in [1.807, 2.05) is 6.92 Å². The Morgan fingerprint density at radius 3 is 2.50 bits per heavy atom. The Hall–Kier alpha value is 0. The standard InChI is InChI=1S/C10H19IN2O/c1-2-12-10(14)13-7-8-3-5-9(11)6-4-8/h8-9H,2-7H2,1H3,(H2,12,13,14). The summed E-state index contributed by atoms with van der Waals surface area (Å²) >= 11 is 2.52. The van der Waals surface area contributed by atoms with Gasteiger partial charge in [0, 0.05) is 17.0 Å². The van der Waals surface area contributed by atoms with E-state index < -0.39 is 0 Å². The van der Waals surface area contributed by atoms with Crippen molar-refractivity contribution in [2.24, 2.45) is 5.92 Å². The number of carbonyl (C=O) groups excluding carboxylic acids is 1. The van der Waals surface area contributed by atoms with Gasteiger partial charge in [0.15, 0.2) is 0 Å². The van der Waals surface area contributed by atoms with E-state index in [1.165, 1.54) is 25.7 Å². The quantitative estimate of drug-likeness (QED) is 0.609. The van der Waals surface area contributed by atoms with Crippen molar-refractivity contribution in [3.05, 3.63) is 0 Å². The molecule has 0 aromatic carbocycles. The molecule has 0 bridgehead atoms. The Morgan fingerprint density at radius 1 is 1.29 bits per heavy atom. The molecule has 1 aliphatic carbocycles. The number of carbonyl (C=O) groups is 1. The predicted molar refractivity (Wildman–Crippen MR) is 66.8 cm³/mol. The molecule has 0 heterocycles. The first-order chi connectivity index (χ1) is 6.72. The average Bonchev–Trinajstić information content (AvgIpc) is 2.17. The number of nitrogens with one attached hydrogen (secondary N) is 2. The van der Waals surface area contributed by atoms with Crippen LogP contribution in [0.5, 0.6) is 0 Å². The molecule has 14 heavy (non-hydrogen) atoms. The van der Waals surface area contributed by atoms with Crippen LogP contribution in [0.3, 0.4) is 0 Å². The lowest BCUT2D eigenvalue weighted by Crippen LogP contribution is -2.38.